The van der Waals surface area contributed by atoms with Crippen molar-refractivity contribution in [1.82, 2.24) is 19.5 Å². The van der Waals surface area contributed by atoms with E-state index in [0.717, 1.165) is 96.0 Å². The molecular weight excluding hydrogens is 1130 g/mol. The van der Waals surface area contributed by atoms with Gasteiger partial charge in [-0.25, -0.2) is 4.98 Å². The fourth-order valence-corrected chi connectivity index (χ4v) is 14.1. The Balaban J connectivity index is 0.000000251. The molecule has 0 aliphatic heterocycles. The van der Waals surface area contributed by atoms with E-state index in [-0.39, 0.29) is 20.1 Å². The smallest absolute Gasteiger partial charge is 0.216 e. The van der Waals surface area contributed by atoms with E-state index in [9.17, 15) is 0 Å². The van der Waals surface area contributed by atoms with Gasteiger partial charge in [-0.15, -0.1) is 18.2 Å². The number of hydrogen-bond acceptors (Lipinski definition) is 4. The van der Waals surface area contributed by atoms with Crippen molar-refractivity contribution in [1.29, 1.82) is 0 Å². The molecule has 1 aliphatic rings. The van der Waals surface area contributed by atoms with Crippen LogP contribution in [0.15, 0.2) is 156 Å². The maximum atomic E-state index is 6.79. The molecular formula is C66H68GeIrN4O-2. The molecule has 2 atom stereocenters. The van der Waals surface area contributed by atoms with Gasteiger partial charge in [-0.3, -0.25) is 4.98 Å². The summed E-state index contributed by atoms with van der Waals surface area (Å²) in [4.78, 5) is 15.3. The first-order valence-corrected chi connectivity index (χ1v) is 33.7. The van der Waals surface area contributed by atoms with Crippen LogP contribution in [0.1, 0.15) is 101 Å². The molecule has 73 heavy (non-hydrogen) atoms. The van der Waals surface area contributed by atoms with Crippen LogP contribution in [0.2, 0.25) is 17.3 Å². The number of nitrogens with zero attached hydrogens (tertiary/aromatic N) is 4. The van der Waals surface area contributed by atoms with Gasteiger partial charge in [0.05, 0.1) is 28.1 Å². The zero-order chi connectivity index (χ0) is 50.1. The van der Waals surface area contributed by atoms with Crippen LogP contribution >= 0.6 is 0 Å². The summed E-state index contributed by atoms with van der Waals surface area (Å²) in [7, 11) is 0. The van der Waals surface area contributed by atoms with E-state index in [2.05, 4.69) is 209 Å². The first-order chi connectivity index (χ1) is 34.9. The molecule has 0 saturated heterocycles. The molecule has 373 valence electrons. The van der Waals surface area contributed by atoms with Crippen LogP contribution in [0.4, 0.5) is 0 Å². The third-order valence-electron chi connectivity index (χ3n) is 15.2. The van der Waals surface area contributed by atoms with Gasteiger partial charge in [0, 0.05) is 48.2 Å². The maximum Gasteiger partial charge on any atom is 0.216 e. The Hall–Kier alpha value is -5.92. The van der Waals surface area contributed by atoms with Gasteiger partial charge >= 0.3 is 132 Å². The molecule has 10 aromatic rings. The Bertz CT molecular complexity index is 3430. The summed E-state index contributed by atoms with van der Waals surface area (Å²) in [6.45, 7) is 13.6. The molecule has 11 rings (SSSR count). The van der Waals surface area contributed by atoms with Crippen LogP contribution in [-0.4, -0.2) is 32.8 Å². The van der Waals surface area contributed by atoms with Crippen molar-refractivity contribution in [3.05, 3.63) is 186 Å². The van der Waals surface area contributed by atoms with E-state index in [1.54, 1.807) is 4.40 Å². The molecule has 0 amide bonds. The number of aryl methyl sites for hydroxylation is 1. The van der Waals surface area contributed by atoms with E-state index in [1.165, 1.54) is 48.8 Å². The van der Waals surface area contributed by atoms with Crippen molar-refractivity contribution in [2.75, 3.05) is 0 Å². The number of aromatic nitrogens is 4. The molecule has 5 nitrogen and oxygen atoms in total. The molecule has 6 aromatic carbocycles. The summed E-state index contributed by atoms with van der Waals surface area (Å²) in [6.07, 6.45) is 9.74. The van der Waals surface area contributed by atoms with Gasteiger partial charge < -0.3 is 8.98 Å². The molecule has 0 N–H and O–H groups in total. The second-order valence-electron chi connectivity index (χ2n) is 21.7. The third-order valence-corrected chi connectivity index (χ3v) is 19.5. The first kappa shape index (κ1) is 52.0. The van der Waals surface area contributed by atoms with Crippen molar-refractivity contribution in [3.8, 4) is 50.6 Å². The van der Waals surface area contributed by atoms with Crippen LogP contribution in [-0.2, 0) is 26.5 Å². The number of pyridine rings is 2. The van der Waals surface area contributed by atoms with E-state index in [4.69, 9.17) is 19.4 Å². The SMILES string of the molecule is CCC(C)Cc1cc(-c2[c-]cccc2)nc[c]1[Ge]([CH3])([CH3])[CH3].Cc1ccc2c(c1)nc(-c1[c-]ccc3c1oc1nc(C(C)C4CCCC4)ccc13)n2-c1c(-c2ccccc2)cc(C(C)C)cc1-c1ccccc1.[Ir]. The summed E-state index contributed by atoms with van der Waals surface area (Å²) in [6, 6.07) is 58.6. The monoisotopic (exact) mass is 1200 g/mol. The summed E-state index contributed by atoms with van der Waals surface area (Å²) in [5.41, 5.74) is 17.2. The van der Waals surface area contributed by atoms with Crippen LogP contribution in [0.3, 0.4) is 0 Å². The van der Waals surface area contributed by atoms with Crippen molar-refractivity contribution in [2.24, 2.45) is 11.8 Å². The Kier molecular flexibility index (Phi) is 15.9. The number of fused-ring (bicyclic) bond motifs is 4. The second kappa shape index (κ2) is 22.3. The number of benzene rings is 6. The topological polar surface area (TPSA) is 56.7 Å². The minimum absolute atomic E-state index is 0. The van der Waals surface area contributed by atoms with Gasteiger partial charge in [0.15, 0.2) is 0 Å². The van der Waals surface area contributed by atoms with E-state index < -0.39 is 13.3 Å². The predicted octanol–water partition coefficient (Wildman–Crippen LogP) is 17.5. The zero-order valence-corrected chi connectivity index (χ0v) is 48.5. The fourth-order valence-electron chi connectivity index (χ4n) is 10.8. The molecule has 1 radical (unpaired) electrons. The van der Waals surface area contributed by atoms with E-state index in [0.29, 0.717) is 23.5 Å². The van der Waals surface area contributed by atoms with Crippen LogP contribution < -0.4 is 4.40 Å². The predicted molar refractivity (Wildman–Crippen MR) is 305 cm³/mol. The summed E-state index contributed by atoms with van der Waals surface area (Å²) < 4.78 is 10.7. The Morgan fingerprint density at radius 2 is 1.41 bits per heavy atom. The summed E-state index contributed by atoms with van der Waals surface area (Å²) >= 11 is -1.87. The molecule has 0 spiro atoms. The Labute approximate surface area is 449 Å². The maximum absolute atomic E-state index is 6.79. The van der Waals surface area contributed by atoms with Crippen molar-refractivity contribution < 1.29 is 24.5 Å². The van der Waals surface area contributed by atoms with Gasteiger partial charge in [-0.05, 0) is 90.3 Å². The van der Waals surface area contributed by atoms with Crippen molar-refractivity contribution >= 4 is 50.8 Å². The molecule has 1 fully saturated rings. The Morgan fingerprint density at radius 1 is 0.726 bits per heavy atom. The average molecular weight is 1200 g/mol. The number of rotatable bonds is 12. The van der Waals surface area contributed by atoms with Crippen LogP contribution in [0.25, 0.3) is 83.7 Å². The standard InChI is InChI=1S/C47H42N3O.C19H26GeN.Ir/c1-29(2)35-27-39(33-16-7-5-8-17-33)44(40(28-35)34-18-9-6-10-19-34)50-43-25-22-30(3)26-42(43)48-46(50)38-21-13-20-36-37-23-24-41(49-47(37)51-45(36)38)31(4)32-14-11-12-15-32;1-6-15(2)12-17-13-19(16-10-8-7-9-11-16)21-14-18(17)20(3,4)5;/h5-10,13,16-20,22-29,31-32H,11-12,14-15H2,1-4H3;7-10,13-15H,6,12H2,1-5H3;/q2*-1;. The van der Waals surface area contributed by atoms with E-state index in [1.807, 2.05) is 18.2 Å². The largest absolute Gasteiger partial charge is 0.486 e. The number of imidazole rings is 1. The van der Waals surface area contributed by atoms with Gasteiger partial charge in [0.25, 0.3) is 0 Å². The molecule has 2 unspecified atom stereocenters. The minimum Gasteiger partial charge on any atom is -0.486 e. The second-order valence-corrected chi connectivity index (χ2v) is 32.3. The van der Waals surface area contributed by atoms with Gasteiger partial charge in [0.1, 0.15) is 0 Å². The average Bonchev–Trinajstić information content (AvgIpc) is 4.17. The Morgan fingerprint density at radius 3 is 2.04 bits per heavy atom. The van der Waals surface area contributed by atoms with Gasteiger partial charge in [-0.1, -0.05) is 111 Å². The van der Waals surface area contributed by atoms with Crippen LogP contribution in [0, 0.1) is 30.9 Å². The fraction of sp³-hybridized carbons (Fsp3) is 0.288. The van der Waals surface area contributed by atoms with Gasteiger partial charge in [0.2, 0.25) is 5.71 Å². The third kappa shape index (κ3) is 10.9. The number of furan rings is 1. The quantitative estimate of drug-likeness (QED) is 0.0903. The number of hydrogen-bond donors (Lipinski definition) is 0. The molecule has 0 bridgehead atoms. The van der Waals surface area contributed by atoms with Crippen molar-refractivity contribution in [2.45, 2.75) is 109 Å². The van der Waals surface area contributed by atoms with E-state index >= 15 is 0 Å². The molecule has 1 aliphatic carbocycles. The summed E-state index contributed by atoms with van der Waals surface area (Å²) in [5.74, 6) is 10.3. The van der Waals surface area contributed by atoms with Gasteiger partial charge in [-0.2, -0.15) is 0 Å². The summed E-state index contributed by atoms with van der Waals surface area (Å²) in [5, 5.41) is 2.06. The molecule has 7 heteroatoms. The molecule has 4 heterocycles. The van der Waals surface area contributed by atoms with Crippen molar-refractivity contribution in [3.63, 3.8) is 0 Å². The zero-order valence-electron chi connectivity index (χ0n) is 44.0. The molecule has 1 saturated carbocycles. The minimum atomic E-state index is -1.87. The van der Waals surface area contributed by atoms with Crippen LogP contribution in [0.5, 0.6) is 0 Å². The molecule has 4 aromatic heterocycles. The normalized spacial score (nSPS) is 13.8. The first-order valence-electron chi connectivity index (χ1n) is 26.3.